The molecule has 0 atom stereocenters. The molecule has 1 saturated heterocycles. The molecular weight excluding hydrogens is 376 g/mol. The first-order chi connectivity index (χ1) is 14.0. The normalized spacial score (nSPS) is 13.2. The summed E-state index contributed by atoms with van der Waals surface area (Å²) in [6, 6.07) is 10.5. The number of carbonyl (C=O) groups is 4. The van der Waals surface area contributed by atoms with E-state index < -0.39 is 11.8 Å². The van der Waals surface area contributed by atoms with E-state index in [-0.39, 0.29) is 30.7 Å². The van der Waals surface area contributed by atoms with Crippen molar-refractivity contribution in [3.8, 4) is 0 Å². The third-order valence-electron chi connectivity index (χ3n) is 4.41. The quantitative estimate of drug-likeness (QED) is 0.600. The van der Waals surface area contributed by atoms with Crippen LogP contribution in [0.25, 0.3) is 0 Å². The fourth-order valence-electron chi connectivity index (χ4n) is 2.87. The molecule has 2 aromatic rings. The first-order valence-electron chi connectivity index (χ1n) is 9.27. The summed E-state index contributed by atoms with van der Waals surface area (Å²) in [6.07, 6.45) is 2.81. The largest absolute Gasteiger partial charge is 0.459 e. The van der Waals surface area contributed by atoms with Gasteiger partial charge in [-0.25, -0.2) is 0 Å². The Morgan fingerprint density at radius 1 is 0.966 bits per heavy atom. The Morgan fingerprint density at radius 2 is 1.69 bits per heavy atom. The predicted octanol–water partition coefficient (Wildman–Crippen LogP) is 0.569. The summed E-state index contributed by atoms with van der Waals surface area (Å²) in [5.41, 5.74) is 1.73. The highest BCUT2D eigenvalue weighted by Gasteiger charge is 2.21. The van der Waals surface area contributed by atoms with Gasteiger partial charge in [-0.05, 0) is 36.2 Å². The monoisotopic (exact) mass is 398 g/mol. The van der Waals surface area contributed by atoms with E-state index in [9.17, 15) is 19.2 Å². The van der Waals surface area contributed by atoms with Gasteiger partial charge >= 0.3 is 0 Å². The van der Waals surface area contributed by atoms with Gasteiger partial charge in [0.2, 0.25) is 17.7 Å². The molecule has 3 N–H and O–H groups in total. The molecule has 1 aliphatic rings. The Balaban J connectivity index is 1.34. The number of nitrogens with one attached hydrogen (secondary N) is 3. The van der Waals surface area contributed by atoms with E-state index in [0.717, 1.165) is 24.2 Å². The molecule has 0 aliphatic carbocycles. The highest BCUT2D eigenvalue weighted by Crippen LogP contribution is 2.21. The minimum absolute atomic E-state index is 0.107. The fraction of sp³-hybridized carbons (Fsp3) is 0.300. The second kappa shape index (κ2) is 9.54. The average Bonchev–Trinajstić information content (AvgIpc) is 3.41. The van der Waals surface area contributed by atoms with E-state index in [4.69, 9.17) is 4.42 Å². The van der Waals surface area contributed by atoms with E-state index in [2.05, 4.69) is 16.0 Å². The predicted molar refractivity (Wildman–Crippen MR) is 104 cm³/mol. The van der Waals surface area contributed by atoms with E-state index in [1.54, 1.807) is 11.0 Å². The molecule has 152 valence electrons. The second-order valence-electron chi connectivity index (χ2n) is 6.53. The number of hydrogen-bond acceptors (Lipinski definition) is 5. The molecular formula is C20H22N4O5. The molecule has 3 rings (SSSR count). The minimum Gasteiger partial charge on any atom is -0.459 e. The Kier molecular flexibility index (Phi) is 6.62. The average molecular weight is 398 g/mol. The molecule has 29 heavy (non-hydrogen) atoms. The number of carbonyl (C=O) groups excluding carboxylic acids is 4. The molecule has 4 amide bonds. The van der Waals surface area contributed by atoms with Crippen LogP contribution in [0.1, 0.15) is 29.0 Å². The highest BCUT2D eigenvalue weighted by atomic mass is 16.3. The van der Waals surface area contributed by atoms with Crippen LogP contribution in [-0.2, 0) is 20.9 Å². The lowest BCUT2D eigenvalue weighted by atomic mass is 10.2. The second-order valence-corrected chi connectivity index (χ2v) is 6.53. The van der Waals surface area contributed by atoms with Crippen LogP contribution in [0.4, 0.5) is 5.69 Å². The molecule has 1 aromatic carbocycles. The molecule has 9 nitrogen and oxygen atoms in total. The van der Waals surface area contributed by atoms with E-state index in [1.165, 1.54) is 12.3 Å². The van der Waals surface area contributed by atoms with Gasteiger partial charge in [0.15, 0.2) is 5.76 Å². The standard InChI is InChI=1S/C20H22N4O5/c25-17(12-22-18(26)13-23-20(28)16-3-2-10-29-16)21-11-14-5-7-15(8-6-14)24-9-1-4-19(24)27/h2-3,5-8,10H,1,4,9,11-13H2,(H,21,25)(H,22,26)(H,23,28). The van der Waals surface area contributed by atoms with Crippen LogP contribution in [0.5, 0.6) is 0 Å². The third kappa shape index (κ3) is 5.68. The van der Waals surface area contributed by atoms with Gasteiger partial charge in [-0.1, -0.05) is 12.1 Å². The van der Waals surface area contributed by atoms with Crippen molar-refractivity contribution in [3.05, 3.63) is 54.0 Å². The van der Waals surface area contributed by atoms with Crippen molar-refractivity contribution >= 4 is 29.3 Å². The Bertz CT molecular complexity index is 877. The molecule has 0 saturated carbocycles. The number of anilines is 1. The minimum atomic E-state index is -0.506. The molecule has 1 fully saturated rings. The fourth-order valence-corrected chi connectivity index (χ4v) is 2.87. The summed E-state index contributed by atoms with van der Waals surface area (Å²) in [5.74, 6) is -1.11. The molecule has 1 aromatic heterocycles. The SMILES string of the molecule is O=C(CNC(=O)CNC(=O)c1ccco1)NCc1ccc(N2CCCC2=O)cc1. The maximum absolute atomic E-state index is 11.9. The van der Waals surface area contributed by atoms with Gasteiger partial charge in [0, 0.05) is 25.2 Å². The molecule has 2 heterocycles. The Labute approximate surface area is 167 Å². The number of hydrogen-bond donors (Lipinski definition) is 3. The summed E-state index contributed by atoms with van der Waals surface area (Å²) in [6.45, 7) is 0.577. The maximum Gasteiger partial charge on any atom is 0.287 e. The van der Waals surface area contributed by atoms with E-state index in [0.29, 0.717) is 13.0 Å². The van der Waals surface area contributed by atoms with Crippen molar-refractivity contribution in [1.82, 2.24) is 16.0 Å². The zero-order chi connectivity index (χ0) is 20.6. The van der Waals surface area contributed by atoms with Crippen molar-refractivity contribution in [1.29, 1.82) is 0 Å². The lowest BCUT2D eigenvalue weighted by Gasteiger charge is -2.16. The van der Waals surface area contributed by atoms with Crippen LogP contribution in [-0.4, -0.2) is 43.3 Å². The van der Waals surface area contributed by atoms with Gasteiger partial charge in [-0.2, -0.15) is 0 Å². The molecule has 1 aliphatic heterocycles. The van der Waals surface area contributed by atoms with E-state index in [1.807, 2.05) is 24.3 Å². The zero-order valence-corrected chi connectivity index (χ0v) is 15.8. The number of amides is 4. The van der Waals surface area contributed by atoms with Gasteiger partial charge in [-0.15, -0.1) is 0 Å². The lowest BCUT2D eigenvalue weighted by molar-refractivity contribution is -0.125. The van der Waals surface area contributed by atoms with Gasteiger partial charge in [0.05, 0.1) is 19.4 Å². The molecule has 0 radical (unpaired) electrons. The first kappa shape index (κ1) is 20.1. The zero-order valence-electron chi connectivity index (χ0n) is 15.8. The number of rotatable bonds is 8. The summed E-state index contributed by atoms with van der Waals surface area (Å²) >= 11 is 0. The smallest absolute Gasteiger partial charge is 0.287 e. The van der Waals surface area contributed by atoms with Gasteiger partial charge in [0.25, 0.3) is 5.91 Å². The van der Waals surface area contributed by atoms with Gasteiger partial charge in [-0.3, -0.25) is 19.2 Å². The molecule has 0 spiro atoms. The summed E-state index contributed by atoms with van der Waals surface area (Å²) in [7, 11) is 0. The van der Waals surface area contributed by atoms with Crippen LogP contribution < -0.4 is 20.9 Å². The van der Waals surface area contributed by atoms with Crippen LogP contribution in [0.2, 0.25) is 0 Å². The lowest BCUT2D eigenvalue weighted by Crippen LogP contribution is -2.41. The summed E-state index contributed by atoms with van der Waals surface area (Å²) in [5, 5.41) is 7.53. The topological polar surface area (TPSA) is 121 Å². The van der Waals surface area contributed by atoms with E-state index >= 15 is 0 Å². The number of benzene rings is 1. The Morgan fingerprint density at radius 3 is 2.34 bits per heavy atom. The van der Waals surface area contributed by atoms with Crippen LogP contribution >= 0.6 is 0 Å². The molecule has 9 heteroatoms. The van der Waals surface area contributed by atoms with Gasteiger partial charge < -0.3 is 25.3 Å². The third-order valence-corrected chi connectivity index (χ3v) is 4.41. The number of nitrogens with zero attached hydrogens (tertiary/aromatic N) is 1. The van der Waals surface area contributed by atoms with Crippen molar-refractivity contribution in [3.63, 3.8) is 0 Å². The van der Waals surface area contributed by atoms with Crippen molar-refractivity contribution in [2.45, 2.75) is 19.4 Å². The summed E-state index contributed by atoms with van der Waals surface area (Å²) in [4.78, 5) is 48.8. The van der Waals surface area contributed by atoms with Crippen molar-refractivity contribution in [2.75, 3.05) is 24.5 Å². The Hall–Kier alpha value is -3.62. The number of furan rings is 1. The van der Waals surface area contributed by atoms with Crippen LogP contribution in [0, 0.1) is 0 Å². The highest BCUT2D eigenvalue weighted by molar-refractivity contribution is 5.95. The van der Waals surface area contributed by atoms with Crippen LogP contribution in [0.15, 0.2) is 47.1 Å². The van der Waals surface area contributed by atoms with Crippen molar-refractivity contribution < 1.29 is 23.6 Å². The first-order valence-corrected chi connectivity index (χ1v) is 9.27. The molecule has 0 unspecified atom stereocenters. The summed E-state index contributed by atoms with van der Waals surface area (Å²) < 4.78 is 4.91. The van der Waals surface area contributed by atoms with Crippen molar-refractivity contribution in [2.24, 2.45) is 0 Å². The van der Waals surface area contributed by atoms with Gasteiger partial charge in [0.1, 0.15) is 0 Å². The van der Waals surface area contributed by atoms with Crippen LogP contribution in [0.3, 0.4) is 0 Å². The maximum atomic E-state index is 11.9. The molecule has 0 bridgehead atoms.